The Morgan fingerprint density at radius 1 is 0.887 bits per heavy atom. The first-order valence-corrected chi connectivity index (χ1v) is 20.7. The quantitative estimate of drug-likeness (QED) is 0.0262. The van der Waals surface area contributed by atoms with Crippen molar-refractivity contribution in [3.63, 3.8) is 0 Å². The molecule has 53 heavy (non-hydrogen) atoms. The number of aryl methyl sites for hydroxylation is 1. The van der Waals surface area contributed by atoms with E-state index in [1.54, 1.807) is 35.7 Å². The highest BCUT2D eigenvalue weighted by molar-refractivity contribution is 9.10. The Kier molecular flexibility index (Phi) is 13.8. The van der Waals surface area contributed by atoms with Crippen LogP contribution in [0.4, 0.5) is 17.1 Å². The molecule has 1 aliphatic heterocycles. The van der Waals surface area contributed by atoms with Crippen LogP contribution in [0.15, 0.2) is 172 Å². The van der Waals surface area contributed by atoms with Crippen LogP contribution >= 0.6 is 67.1 Å². The predicted molar refractivity (Wildman–Crippen MR) is 227 cm³/mol. The fraction of sp³-hybridized carbons (Fsp3) is 0.122. The minimum Gasteiger partial charge on any atom is -0.492 e. The number of nitrogens with two attached hydrogens (primary N) is 1. The molecule has 0 spiro atoms. The van der Waals surface area contributed by atoms with Crippen LogP contribution in [0.5, 0.6) is 11.5 Å². The molecule has 0 bridgehead atoms. The second kappa shape index (κ2) is 18.9. The Labute approximate surface area is 339 Å². The van der Waals surface area contributed by atoms with Gasteiger partial charge in [-0.05, 0) is 97.4 Å². The number of hydrogen-bond acceptors (Lipinski definition) is 8. The lowest BCUT2D eigenvalue weighted by Crippen LogP contribution is -2.79. The average molecular weight is 891 g/mol. The molecule has 5 aromatic rings. The first-order valence-electron chi connectivity index (χ1n) is 16.7. The van der Waals surface area contributed by atoms with Crippen molar-refractivity contribution in [3.05, 3.63) is 173 Å². The van der Waals surface area contributed by atoms with E-state index >= 15 is 0 Å². The van der Waals surface area contributed by atoms with Crippen LogP contribution < -0.4 is 19.7 Å². The summed E-state index contributed by atoms with van der Waals surface area (Å²) in [5.41, 5.74) is 3.27. The lowest BCUT2D eigenvalue weighted by molar-refractivity contribution is -0.574. The van der Waals surface area contributed by atoms with E-state index < -0.39 is 0 Å². The number of quaternary nitrogens is 1. The van der Waals surface area contributed by atoms with Crippen molar-refractivity contribution in [2.75, 3.05) is 31.2 Å². The number of hydrogen-bond donors (Lipinski definition) is 1. The Morgan fingerprint density at radius 3 is 2.25 bits per heavy atom. The Balaban J connectivity index is 1.23. The minimum atomic E-state index is -0.353. The highest BCUT2D eigenvalue weighted by atomic mass is 79.9. The normalized spacial score (nSPS) is 13.2. The number of thioether (sulfide) groups is 3. The van der Waals surface area contributed by atoms with Gasteiger partial charge in [0.2, 0.25) is 0 Å². The van der Waals surface area contributed by atoms with E-state index in [1.165, 1.54) is 17.3 Å². The van der Waals surface area contributed by atoms with Gasteiger partial charge < -0.3 is 19.7 Å². The number of halogens is 2. The molecule has 0 unspecified atom stereocenters. The fourth-order valence-electron chi connectivity index (χ4n) is 5.33. The van der Waals surface area contributed by atoms with Gasteiger partial charge >= 0.3 is 0 Å². The Bertz CT molecular complexity index is 2130. The lowest BCUT2D eigenvalue weighted by atomic mass is 10.2. The highest BCUT2D eigenvalue weighted by Crippen LogP contribution is 2.48. The van der Waals surface area contributed by atoms with Crippen LogP contribution in [0.1, 0.15) is 5.56 Å². The summed E-state index contributed by atoms with van der Waals surface area (Å²) in [6.45, 7) is 8.87. The molecule has 7 nitrogen and oxygen atoms in total. The maximum atomic E-state index is 11.7. The van der Waals surface area contributed by atoms with Crippen molar-refractivity contribution in [3.8, 4) is 11.5 Å². The number of rotatable bonds is 16. The third kappa shape index (κ3) is 11.3. The molecule has 5 aromatic carbocycles. The molecule has 0 aliphatic carbocycles. The molecule has 270 valence electrons. The van der Waals surface area contributed by atoms with Crippen molar-refractivity contribution in [1.29, 1.82) is 0 Å². The first-order chi connectivity index (χ1) is 25.7. The molecule has 1 heterocycles. The van der Waals surface area contributed by atoms with Crippen molar-refractivity contribution in [1.82, 2.24) is 0 Å². The number of fused-ring (bicyclic) bond motifs is 1. The van der Waals surface area contributed by atoms with E-state index in [0.29, 0.717) is 19.8 Å². The van der Waals surface area contributed by atoms with Gasteiger partial charge in [0.15, 0.2) is 0 Å². The minimum absolute atomic E-state index is 0.0633. The topological polar surface area (TPSA) is 81.5 Å². The zero-order chi connectivity index (χ0) is 37.2. The summed E-state index contributed by atoms with van der Waals surface area (Å²) in [5.74, 6) is 1.61. The summed E-state index contributed by atoms with van der Waals surface area (Å²) in [6.07, 6.45) is 4.25. The maximum Gasteiger partial charge on any atom is 0.270 e. The number of nitro benzene ring substituents is 1. The highest BCUT2D eigenvalue weighted by Gasteiger charge is 2.27. The summed E-state index contributed by atoms with van der Waals surface area (Å²) in [4.78, 5) is 18.4. The SMILES string of the molecule is C=C(/C=C(/C=C1\Sc2cc([N+](=O)[O-])ccc2N1CCOc1ccc(Br)cc1)Sc1ccccc1)Sc1cc(C)ccc1[NH2+]CCOc1ccc(Br)cc1. The van der Waals surface area contributed by atoms with E-state index in [4.69, 9.17) is 9.47 Å². The Morgan fingerprint density at radius 2 is 1.57 bits per heavy atom. The number of non-ortho nitro benzene ring substituents is 1. The zero-order valence-electron chi connectivity index (χ0n) is 28.7. The molecule has 0 radical (unpaired) electrons. The summed E-state index contributed by atoms with van der Waals surface area (Å²) in [6, 6.07) is 37.3. The van der Waals surface area contributed by atoms with Gasteiger partial charge in [0.25, 0.3) is 5.69 Å². The second-order valence-electron chi connectivity index (χ2n) is 11.8. The van der Waals surface area contributed by atoms with Crippen molar-refractivity contribution < 1.29 is 19.7 Å². The summed E-state index contributed by atoms with van der Waals surface area (Å²) < 4.78 is 14.1. The molecule has 0 atom stereocenters. The van der Waals surface area contributed by atoms with Crippen LogP contribution in [0, 0.1) is 17.0 Å². The third-order valence-electron chi connectivity index (χ3n) is 7.85. The zero-order valence-corrected chi connectivity index (χ0v) is 34.4. The number of nitro groups is 1. The molecule has 1 aliphatic rings. The third-order valence-corrected chi connectivity index (χ3v) is 11.9. The number of allylic oxidation sites excluding steroid dienone is 2. The van der Waals surface area contributed by atoms with Crippen LogP contribution in [0.3, 0.4) is 0 Å². The van der Waals surface area contributed by atoms with Gasteiger partial charge in [0.05, 0.1) is 27.1 Å². The van der Waals surface area contributed by atoms with E-state index in [0.717, 1.165) is 67.9 Å². The van der Waals surface area contributed by atoms with Crippen LogP contribution in [-0.4, -0.2) is 31.2 Å². The van der Waals surface area contributed by atoms with Crippen molar-refractivity contribution >= 4 is 84.2 Å². The largest absolute Gasteiger partial charge is 0.492 e. The summed E-state index contributed by atoms with van der Waals surface area (Å²) in [7, 11) is 0. The fourth-order valence-corrected chi connectivity index (χ4v) is 9.10. The summed E-state index contributed by atoms with van der Waals surface area (Å²) in [5, 5.41) is 14.8. The van der Waals surface area contributed by atoms with Gasteiger partial charge in [0.1, 0.15) is 36.9 Å². The number of nitrogens with zero attached hydrogens (tertiary/aromatic N) is 2. The van der Waals surface area contributed by atoms with E-state index in [9.17, 15) is 10.1 Å². The molecule has 0 saturated heterocycles. The van der Waals surface area contributed by atoms with E-state index in [1.807, 2.05) is 72.8 Å². The monoisotopic (exact) mass is 888 g/mol. The lowest BCUT2D eigenvalue weighted by Gasteiger charge is -2.21. The van der Waals surface area contributed by atoms with Crippen molar-refractivity contribution in [2.24, 2.45) is 0 Å². The molecule has 6 rings (SSSR count). The molecular formula is C41H36Br2N3O4S3+. The number of ether oxygens (including phenoxy) is 2. The predicted octanol–water partition coefficient (Wildman–Crippen LogP) is 11.5. The molecule has 0 fully saturated rings. The molecule has 0 amide bonds. The van der Waals surface area contributed by atoms with Crippen molar-refractivity contribution in [2.45, 2.75) is 21.6 Å². The van der Waals surface area contributed by atoms with Crippen LogP contribution in [-0.2, 0) is 0 Å². The molecule has 0 aromatic heterocycles. The van der Waals surface area contributed by atoms with Crippen LogP contribution in [0.2, 0.25) is 0 Å². The van der Waals surface area contributed by atoms with Gasteiger partial charge in [-0.1, -0.05) is 98.0 Å². The molecule has 12 heteroatoms. The van der Waals surface area contributed by atoms with Gasteiger partial charge in [-0.15, -0.1) is 0 Å². The number of benzene rings is 5. The first kappa shape index (κ1) is 38.8. The maximum absolute atomic E-state index is 11.7. The van der Waals surface area contributed by atoms with E-state index in [2.05, 4.69) is 98.1 Å². The van der Waals surface area contributed by atoms with Gasteiger partial charge in [-0.2, -0.15) is 0 Å². The standard InChI is InChI=1S/C41H35Br2N3O4S3/c1-28-8-18-37(44-20-22-49-33-14-9-30(42)10-15-33)39(24-28)51-29(2)25-36(52-35-6-4-3-5-7-35)27-41-45(21-23-50-34-16-11-31(43)12-17-34)38-19-13-32(46(47)48)26-40(38)53-41/h3-19,24-27,44H,2,20-23H2,1H3/p+1/b36-25-,41-27-. The number of anilines is 1. The average Bonchev–Trinajstić information content (AvgIpc) is 3.48. The Hall–Kier alpha value is -3.91. The van der Waals surface area contributed by atoms with Gasteiger partial charge in [0, 0.05) is 46.7 Å². The van der Waals surface area contributed by atoms with Crippen LogP contribution in [0.25, 0.3) is 0 Å². The smallest absolute Gasteiger partial charge is 0.270 e. The van der Waals surface area contributed by atoms with E-state index in [-0.39, 0.29) is 10.6 Å². The molecule has 0 saturated carbocycles. The summed E-state index contributed by atoms with van der Waals surface area (Å²) >= 11 is 11.7. The second-order valence-corrected chi connectivity index (χ2v) is 17.0. The van der Waals surface area contributed by atoms with Gasteiger partial charge in [-0.25, -0.2) is 0 Å². The molecule has 2 N–H and O–H groups in total. The van der Waals surface area contributed by atoms with Gasteiger partial charge in [-0.3, -0.25) is 10.1 Å². The molecular weight excluding hydrogens is 854 g/mol.